The summed E-state index contributed by atoms with van der Waals surface area (Å²) in [6.45, 7) is -1.37. The molecule has 0 amide bonds. The Kier molecular flexibility index (Phi) is 20.5. The van der Waals surface area contributed by atoms with Crippen molar-refractivity contribution in [1.29, 1.82) is 0 Å². The first kappa shape index (κ1) is 27.7. The van der Waals surface area contributed by atoms with Crippen molar-refractivity contribution >= 4 is 23.9 Å². The van der Waals surface area contributed by atoms with Crippen LogP contribution in [0.5, 0.6) is 0 Å². The molecule has 0 aliphatic carbocycles. The number of hydrogen-bond acceptors (Lipinski definition) is 12. The van der Waals surface area contributed by atoms with Crippen molar-refractivity contribution in [2.75, 3.05) is 52.9 Å². The molecule has 0 radical (unpaired) electrons. The van der Waals surface area contributed by atoms with Gasteiger partial charge >= 0.3 is 23.9 Å². The van der Waals surface area contributed by atoms with Crippen LogP contribution >= 0.6 is 0 Å². The molecule has 0 rings (SSSR count). The van der Waals surface area contributed by atoms with Gasteiger partial charge in [-0.3, -0.25) is 9.59 Å². The van der Waals surface area contributed by atoms with E-state index in [4.69, 9.17) is 20.4 Å². The molecule has 0 aromatic carbocycles. The second-order valence-corrected chi connectivity index (χ2v) is 4.50. The molecule has 162 valence electrons. The number of carbonyl (C=O) groups excluding carboxylic acids is 4. The summed E-state index contributed by atoms with van der Waals surface area (Å²) in [5, 5.41) is 33.2. The normalized spacial score (nSPS) is 9.86. The first-order valence-electron chi connectivity index (χ1n) is 8.17. The third-order valence-electron chi connectivity index (χ3n) is 2.27. The molecule has 0 unspecified atom stereocenters. The molecule has 0 saturated heterocycles. The zero-order valence-corrected chi connectivity index (χ0v) is 15.3. The summed E-state index contributed by atoms with van der Waals surface area (Å²) in [7, 11) is 0. The quantitative estimate of drug-likeness (QED) is 0.142. The smallest absolute Gasteiger partial charge is 0.331 e. The molecule has 12 nitrogen and oxygen atoms in total. The molecule has 0 atom stereocenters. The van der Waals surface area contributed by atoms with E-state index in [2.05, 4.69) is 18.9 Å². The van der Waals surface area contributed by atoms with Gasteiger partial charge in [-0.1, -0.05) is 0 Å². The fourth-order valence-electron chi connectivity index (χ4n) is 1.19. The van der Waals surface area contributed by atoms with Crippen molar-refractivity contribution in [3.05, 3.63) is 12.2 Å². The highest BCUT2D eigenvalue weighted by molar-refractivity contribution is 5.91. The second-order valence-electron chi connectivity index (χ2n) is 4.50. The van der Waals surface area contributed by atoms with E-state index < -0.39 is 23.9 Å². The van der Waals surface area contributed by atoms with Crippen LogP contribution in [0.15, 0.2) is 12.2 Å². The molecule has 0 bridgehead atoms. The lowest BCUT2D eigenvalue weighted by atomic mass is 10.3. The zero-order valence-electron chi connectivity index (χ0n) is 15.3. The van der Waals surface area contributed by atoms with Crippen LogP contribution < -0.4 is 0 Å². The van der Waals surface area contributed by atoms with Gasteiger partial charge in [-0.25, -0.2) is 9.59 Å². The van der Waals surface area contributed by atoms with E-state index in [-0.39, 0.29) is 65.7 Å². The highest BCUT2D eigenvalue weighted by atomic mass is 16.6. The van der Waals surface area contributed by atoms with Crippen LogP contribution in [0, 0.1) is 0 Å². The molecule has 0 fully saturated rings. The number of carbonyl (C=O) groups is 4. The average Bonchev–Trinajstić information content (AvgIpc) is 2.70. The van der Waals surface area contributed by atoms with E-state index in [1.165, 1.54) is 0 Å². The molecule has 0 spiro atoms. The molecule has 0 aromatic rings. The monoisotopic (exact) mass is 410 g/mol. The minimum Gasteiger partial charge on any atom is -0.463 e. The lowest BCUT2D eigenvalue weighted by Gasteiger charge is -2.03. The van der Waals surface area contributed by atoms with Gasteiger partial charge in [0, 0.05) is 12.2 Å². The highest BCUT2D eigenvalue weighted by Crippen LogP contribution is 1.95. The lowest BCUT2D eigenvalue weighted by Crippen LogP contribution is -2.13. The summed E-state index contributed by atoms with van der Waals surface area (Å²) in [5.41, 5.74) is 0. The number of hydrogen-bond donors (Lipinski definition) is 4. The summed E-state index contributed by atoms with van der Waals surface area (Å²) < 4.78 is 17.8. The molecule has 0 saturated carbocycles. The summed E-state index contributed by atoms with van der Waals surface area (Å²) >= 11 is 0. The number of aliphatic hydroxyl groups excluding tert-OH is 4. The topological polar surface area (TPSA) is 186 Å². The van der Waals surface area contributed by atoms with Crippen LogP contribution in [0.1, 0.15) is 12.8 Å². The maximum Gasteiger partial charge on any atom is 0.331 e. The van der Waals surface area contributed by atoms with Crippen LogP contribution in [-0.4, -0.2) is 97.2 Å². The van der Waals surface area contributed by atoms with Gasteiger partial charge < -0.3 is 39.4 Å². The second kappa shape index (κ2) is 20.8. The molecule has 0 aromatic heterocycles. The molecule has 28 heavy (non-hydrogen) atoms. The van der Waals surface area contributed by atoms with Crippen LogP contribution in [0.4, 0.5) is 0 Å². The van der Waals surface area contributed by atoms with Crippen LogP contribution in [0.3, 0.4) is 0 Å². The van der Waals surface area contributed by atoms with Gasteiger partial charge in [0.15, 0.2) is 0 Å². The standard InChI is InChI=1S/C8H14O6.C8H12O6/c2*9-3-5-13-7(11)1-2-8(12)14-6-4-10/h9-10H,1-6H2;1-2,9-10H,3-6H2/b;2-1+. The molecule has 12 heteroatoms. The van der Waals surface area contributed by atoms with E-state index in [0.717, 1.165) is 12.2 Å². The van der Waals surface area contributed by atoms with Crippen molar-refractivity contribution < 1.29 is 58.6 Å². The van der Waals surface area contributed by atoms with Crippen LogP contribution in [0.25, 0.3) is 0 Å². The Balaban J connectivity index is 0. The van der Waals surface area contributed by atoms with Gasteiger partial charge in [0.05, 0.1) is 39.3 Å². The number of esters is 4. The van der Waals surface area contributed by atoms with Gasteiger partial charge in [0.25, 0.3) is 0 Å². The average molecular weight is 410 g/mol. The molecule has 4 N–H and O–H groups in total. The highest BCUT2D eigenvalue weighted by Gasteiger charge is 2.08. The van der Waals surface area contributed by atoms with E-state index in [9.17, 15) is 19.2 Å². The number of aliphatic hydroxyl groups is 4. The Morgan fingerprint density at radius 1 is 0.536 bits per heavy atom. The Labute approximate surface area is 161 Å². The SMILES string of the molecule is O=C(/C=C/C(=O)OCCO)OCCO.O=C(CCC(=O)OCCO)OCCO. The van der Waals surface area contributed by atoms with E-state index in [1.54, 1.807) is 0 Å². The van der Waals surface area contributed by atoms with E-state index >= 15 is 0 Å². The summed E-state index contributed by atoms with van der Waals surface area (Å²) in [5.74, 6) is -2.58. The van der Waals surface area contributed by atoms with Crippen molar-refractivity contribution in [1.82, 2.24) is 0 Å². The van der Waals surface area contributed by atoms with Crippen molar-refractivity contribution in [2.45, 2.75) is 12.8 Å². The Bertz CT molecular complexity index is 432. The Morgan fingerprint density at radius 2 is 0.821 bits per heavy atom. The van der Waals surface area contributed by atoms with Gasteiger partial charge in [0.1, 0.15) is 26.4 Å². The van der Waals surface area contributed by atoms with Gasteiger partial charge in [-0.05, 0) is 0 Å². The van der Waals surface area contributed by atoms with Gasteiger partial charge in [0.2, 0.25) is 0 Å². The first-order chi connectivity index (χ1) is 13.4. The van der Waals surface area contributed by atoms with Gasteiger partial charge in [-0.15, -0.1) is 0 Å². The van der Waals surface area contributed by atoms with Gasteiger partial charge in [-0.2, -0.15) is 0 Å². The van der Waals surface area contributed by atoms with Crippen molar-refractivity contribution in [2.24, 2.45) is 0 Å². The van der Waals surface area contributed by atoms with Crippen molar-refractivity contribution in [3.63, 3.8) is 0 Å². The summed E-state index contributed by atoms with van der Waals surface area (Å²) in [4.78, 5) is 43.0. The predicted octanol–water partition coefficient (Wildman–Crippen LogP) is -2.55. The predicted molar refractivity (Wildman–Crippen MR) is 90.6 cm³/mol. The number of rotatable bonds is 13. The van der Waals surface area contributed by atoms with Crippen LogP contribution in [-0.2, 0) is 38.1 Å². The lowest BCUT2D eigenvalue weighted by molar-refractivity contribution is -0.151. The number of ether oxygens (including phenoxy) is 4. The van der Waals surface area contributed by atoms with E-state index in [0.29, 0.717) is 0 Å². The van der Waals surface area contributed by atoms with E-state index in [1.807, 2.05) is 0 Å². The molecular formula is C16H26O12. The fourth-order valence-corrected chi connectivity index (χ4v) is 1.19. The Hall–Kier alpha value is -2.54. The van der Waals surface area contributed by atoms with Crippen molar-refractivity contribution in [3.8, 4) is 0 Å². The summed E-state index contributed by atoms with van der Waals surface area (Å²) in [6.07, 6.45) is 1.61. The first-order valence-corrected chi connectivity index (χ1v) is 8.17. The zero-order chi connectivity index (χ0) is 21.6. The third-order valence-corrected chi connectivity index (χ3v) is 2.27. The summed E-state index contributed by atoms with van der Waals surface area (Å²) in [6, 6.07) is 0. The van der Waals surface area contributed by atoms with Crippen LogP contribution in [0.2, 0.25) is 0 Å². The molecular weight excluding hydrogens is 384 g/mol. The maximum atomic E-state index is 10.8. The minimum absolute atomic E-state index is 0.0650. The fraction of sp³-hybridized carbons (Fsp3) is 0.625. The maximum absolute atomic E-state index is 10.8. The third kappa shape index (κ3) is 21.5. The largest absolute Gasteiger partial charge is 0.463 e. The molecule has 0 aliphatic rings. The molecule has 0 heterocycles. The molecule has 0 aliphatic heterocycles. The Morgan fingerprint density at radius 3 is 1.11 bits per heavy atom. The minimum atomic E-state index is -0.736.